The SMILES string of the molecule is C1=CC/C=C/CCC/C=C/CCC=C1. The van der Waals surface area contributed by atoms with E-state index in [2.05, 4.69) is 48.6 Å². The number of hydrogen-bond donors (Lipinski definition) is 0. The van der Waals surface area contributed by atoms with Gasteiger partial charge in [0.05, 0.1) is 0 Å². The summed E-state index contributed by atoms with van der Waals surface area (Å²) in [6, 6.07) is 0. The van der Waals surface area contributed by atoms with Crippen LogP contribution < -0.4 is 0 Å². The molecular formula is C14H20. The Bertz CT molecular complexity index is 228. The fourth-order valence-corrected chi connectivity index (χ4v) is 1.41. The van der Waals surface area contributed by atoms with Gasteiger partial charge in [0.15, 0.2) is 0 Å². The van der Waals surface area contributed by atoms with Gasteiger partial charge >= 0.3 is 0 Å². The Morgan fingerprint density at radius 1 is 0.500 bits per heavy atom. The lowest BCUT2D eigenvalue weighted by Crippen LogP contribution is -1.71. The lowest BCUT2D eigenvalue weighted by molar-refractivity contribution is 0.860. The number of hydrogen-bond acceptors (Lipinski definition) is 0. The van der Waals surface area contributed by atoms with E-state index in [9.17, 15) is 0 Å². The minimum atomic E-state index is 1.07. The molecule has 0 saturated heterocycles. The van der Waals surface area contributed by atoms with E-state index in [4.69, 9.17) is 0 Å². The zero-order chi connectivity index (χ0) is 9.90. The predicted molar refractivity (Wildman–Crippen MR) is 64.3 cm³/mol. The second-order valence-electron chi connectivity index (χ2n) is 3.54. The summed E-state index contributed by atoms with van der Waals surface area (Å²) in [4.78, 5) is 0. The maximum absolute atomic E-state index is 2.31. The Morgan fingerprint density at radius 2 is 1.14 bits per heavy atom. The molecular weight excluding hydrogens is 168 g/mol. The Morgan fingerprint density at radius 3 is 2.07 bits per heavy atom. The summed E-state index contributed by atoms with van der Waals surface area (Å²) in [5.74, 6) is 0. The lowest BCUT2D eigenvalue weighted by atomic mass is 10.2. The molecule has 0 spiro atoms. The topological polar surface area (TPSA) is 0 Å². The van der Waals surface area contributed by atoms with Gasteiger partial charge in [0.1, 0.15) is 0 Å². The summed E-state index contributed by atoms with van der Waals surface area (Å²) < 4.78 is 0. The third-order valence-electron chi connectivity index (χ3n) is 2.23. The maximum atomic E-state index is 2.31. The second kappa shape index (κ2) is 8.55. The molecule has 0 unspecified atom stereocenters. The highest BCUT2D eigenvalue weighted by atomic mass is 13.9. The summed E-state index contributed by atoms with van der Waals surface area (Å²) in [5.41, 5.74) is 0. The molecule has 0 atom stereocenters. The first-order valence-electron chi connectivity index (χ1n) is 5.62. The van der Waals surface area contributed by atoms with Crippen molar-refractivity contribution in [2.75, 3.05) is 0 Å². The second-order valence-corrected chi connectivity index (χ2v) is 3.54. The quantitative estimate of drug-likeness (QED) is 0.489. The van der Waals surface area contributed by atoms with Gasteiger partial charge in [-0.05, 0) is 38.5 Å². The van der Waals surface area contributed by atoms with Gasteiger partial charge in [0.2, 0.25) is 0 Å². The van der Waals surface area contributed by atoms with E-state index in [1.807, 2.05) is 0 Å². The first-order valence-corrected chi connectivity index (χ1v) is 5.62. The molecule has 0 heterocycles. The van der Waals surface area contributed by atoms with E-state index < -0.39 is 0 Å². The highest BCUT2D eigenvalue weighted by Crippen LogP contribution is 2.02. The van der Waals surface area contributed by atoms with Crippen molar-refractivity contribution in [2.24, 2.45) is 0 Å². The fourth-order valence-electron chi connectivity index (χ4n) is 1.41. The van der Waals surface area contributed by atoms with Crippen molar-refractivity contribution in [2.45, 2.75) is 38.5 Å². The Labute approximate surface area is 87.7 Å². The van der Waals surface area contributed by atoms with Crippen LogP contribution in [0.15, 0.2) is 48.6 Å². The molecule has 0 aromatic heterocycles. The third kappa shape index (κ3) is 6.47. The summed E-state index contributed by atoms with van der Waals surface area (Å²) in [6.07, 6.45) is 25.0. The molecule has 1 aliphatic rings. The van der Waals surface area contributed by atoms with Crippen LogP contribution in [0, 0.1) is 0 Å². The van der Waals surface area contributed by atoms with Crippen molar-refractivity contribution in [3.63, 3.8) is 0 Å². The highest BCUT2D eigenvalue weighted by molar-refractivity contribution is 5.05. The van der Waals surface area contributed by atoms with Crippen LogP contribution in [0.2, 0.25) is 0 Å². The van der Waals surface area contributed by atoms with Crippen molar-refractivity contribution >= 4 is 0 Å². The van der Waals surface area contributed by atoms with E-state index in [0.717, 1.165) is 12.8 Å². The monoisotopic (exact) mass is 188 g/mol. The minimum absolute atomic E-state index is 1.07. The van der Waals surface area contributed by atoms with Crippen LogP contribution in [0.25, 0.3) is 0 Å². The van der Waals surface area contributed by atoms with Gasteiger partial charge in [-0.3, -0.25) is 0 Å². The Hall–Kier alpha value is -1.04. The van der Waals surface area contributed by atoms with Gasteiger partial charge < -0.3 is 0 Å². The molecule has 1 rings (SSSR count). The van der Waals surface area contributed by atoms with Crippen molar-refractivity contribution in [3.05, 3.63) is 48.6 Å². The first kappa shape index (κ1) is 11.0. The fraction of sp³-hybridized carbons (Fsp3) is 0.429. The number of allylic oxidation sites excluding steroid dienone is 8. The van der Waals surface area contributed by atoms with E-state index in [1.165, 1.54) is 25.7 Å². The van der Waals surface area contributed by atoms with Crippen LogP contribution >= 0.6 is 0 Å². The summed E-state index contributed by atoms with van der Waals surface area (Å²) in [6.45, 7) is 0. The molecule has 0 amide bonds. The largest absolute Gasteiger partial charge is 0.0885 e. The lowest BCUT2D eigenvalue weighted by Gasteiger charge is -1.91. The normalized spacial score (nSPS) is 24.0. The van der Waals surface area contributed by atoms with Gasteiger partial charge in [0.25, 0.3) is 0 Å². The maximum Gasteiger partial charge on any atom is -0.0166 e. The van der Waals surface area contributed by atoms with Crippen LogP contribution in [-0.4, -0.2) is 0 Å². The molecule has 0 radical (unpaired) electrons. The molecule has 0 heteroatoms. The molecule has 0 aromatic rings. The van der Waals surface area contributed by atoms with Crippen LogP contribution in [0.5, 0.6) is 0 Å². The molecule has 0 bridgehead atoms. The van der Waals surface area contributed by atoms with E-state index in [0.29, 0.717) is 0 Å². The van der Waals surface area contributed by atoms with Crippen molar-refractivity contribution in [1.82, 2.24) is 0 Å². The third-order valence-corrected chi connectivity index (χ3v) is 2.23. The molecule has 0 nitrogen and oxygen atoms in total. The summed E-state index contributed by atoms with van der Waals surface area (Å²) in [7, 11) is 0. The standard InChI is InChI=1S/C14H20/c1-2-4-6-8-10-12-14-13-11-9-7-5-3-1/h1-4,7,9-10,12H,5-6,8,11,13-14H2/b3-1?,4-2?,9-7+,12-10+. The molecule has 0 aromatic carbocycles. The van der Waals surface area contributed by atoms with Crippen LogP contribution in [0.3, 0.4) is 0 Å². The first-order chi connectivity index (χ1) is 7.00. The average Bonchev–Trinajstić information content (AvgIpc) is 2.22. The van der Waals surface area contributed by atoms with Gasteiger partial charge in [0, 0.05) is 0 Å². The molecule has 0 N–H and O–H groups in total. The molecule has 0 saturated carbocycles. The van der Waals surface area contributed by atoms with Crippen LogP contribution in [-0.2, 0) is 0 Å². The molecule has 14 heavy (non-hydrogen) atoms. The summed E-state index contributed by atoms with van der Waals surface area (Å²) >= 11 is 0. The zero-order valence-electron chi connectivity index (χ0n) is 8.86. The van der Waals surface area contributed by atoms with Gasteiger partial charge in [-0.25, -0.2) is 0 Å². The highest BCUT2D eigenvalue weighted by Gasteiger charge is 1.82. The zero-order valence-corrected chi connectivity index (χ0v) is 8.86. The molecule has 1 aliphatic carbocycles. The van der Waals surface area contributed by atoms with Gasteiger partial charge in [-0.15, -0.1) is 0 Å². The number of rotatable bonds is 0. The Balaban J connectivity index is 2.35. The van der Waals surface area contributed by atoms with E-state index in [-0.39, 0.29) is 0 Å². The molecule has 76 valence electrons. The average molecular weight is 188 g/mol. The van der Waals surface area contributed by atoms with Crippen molar-refractivity contribution in [3.8, 4) is 0 Å². The Kier molecular flexibility index (Phi) is 6.74. The molecule has 0 fully saturated rings. The molecule has 0 aliphatic heterocycles. The minimum Gasteiger partial charge on any atom is -0.0885 e. The van der Waals surface area contributed by atoms with Crippen molar-refractivity contribution in [1.29, 1.82) is 0 Å². The van der Waals surface area contributed by atoms with E-state index >= 15 is 0 Å². The summed E-state index contributed by atoms with van der Waals surface area (Å²) in [5, 5.41) is 0. The smallest absolute Gasteiger partial charge is 0.0166 e. The van der Waals surface area contributed by atoms with E-state index in [1.54, 1.807) is 0 Å². The predicted octanol–water partition coefficient (Wildman–Crippen LogP) is 4.57. The van der Waals surface area contributed by atoms with Crippen LogP contribution in [0.4, 0.5) is 0 Å². The van der Waals surface area contributed by atoms with Crippen LogP contribution in [0.1, 0.15) is 38.5 Å². The van der Waals surface area contributed by atoms with Gasteiger partial charge in [-0.1, -0.05) is 48.6 Å². The van der Waals surface area contributed by atoms with Gasteiger partial charge in [-0.2, -0.15) is 0 Å². The van der Waals surface area contributed by atoms with Crippen molar-refractivity contribution < 1.29 is 0 Å².